The molecule has 1 fully saturated rings. The van der Waals surface area contributed by atoms with Gasteiger partial charge in [0.2, 0.25) is 0 Å². The van der Waals surface area contributed by atoms with Crippen molar-refractivity contribution in [1.82, 2.24) is 0 Å². The maximum absolute atomic E-state index is 2.35. The van der Waals surface area contributed by atoms with Crippen LogP contribution in [-0.4, -0.2) is 0 Å². The van der Waals surface area contributed by atoms with Crippen LogP contribution in [0, 0.1) is 10.8 Å². The van der Waals surface area contributed by atoms with Gasteiger partial charge in [0, 0.05) is 5.41 Å². The van der Waals surface area contributed by atoms with Gasteiger partial charge in [0.05, 0.1) is 0 Å². The molecule has 184 valence electrons. The topological polar surface area (TPSA) is 0 Å². The molecule has 0 unspecified atom stereocenters. The van der Waals surface area contributed by atoms with Crippen molar-refractivity contribution in [3.05, 3.63) is 59.7 Å². The largest absolute Gasteiger partial charge is 0.0654 e. The maximum atomic E-state index is 2.35. The van der Waals surface area contributed by atoms with Gasteiger partial charge >= 0.3 is 0 Å². The summed E-state index contributed by atoms with van der Waals surface area (Å²) in [5.74, 6) is 0. The smallest absolute Gasteiger partial charge is 0.0215 e. The molecule has 0 aromatic heterocycles. The van der Waals surface area contributed by atoms with Crippen LogP contribution < -0.4 is 0 Å². The average Bonchev–Trinajstić information content (AvgIpc) is 3.37. The fourth-order valence-electron chi connectivity index (χ4n) is 5.35. The van der Waals surface area contributed by atoms with Gasteiger partial charge in [0.15, 0.2) is 0 Å². The number of unbranched alkanes of at least 4 members (excludes halogenated alkanes) is 2. The Labute approximate surface area is 206 Å². The van der Waals surface area contributed by atoms with Gasteiger partial charge in [-0.25, -0.2) is 0 Å². The standard InChI is InChI=1S/C17H16.2C8H18/c1-3-9-15-13(7-1)14-8-2-4-10-16(14)17(15)11-5-6-12-17;2*1-5-6-7-8(2,3)4/h1-4,7-10H,5-6,11-12H2;2*5-7H2,1-4H3. The second-order valence-corrected chi connectivity index (χ2v) is 12.7. The molecule has 2 aliphatic rings. The predicted molar refractivity (Wildman–Crippen MR) is 149 cm³/mol. The van der Waals surface area contributed by atoms with Crippen molar-refractivity contribution < 1.29 is 0 Å². The number of rotatable bonds is 4. The quantitative estimate of drug-likeness (QED) is 0.436. The molecule has 0 N–H and O–H groups in total. The first-order valence-electron chi connectivity index (χ1n) is 13.7. The van der Waals surface area contributed by atoms with Crippen LogP contribution >= 0.6 is 0 Å². The zero-order valence-electron chi connectivity index (χ0n) is 23.2. The lowest BCUT2D eigenvalue weighted by Gasteiger charge is -2.26. The van der Waals surface area contributed by atoms with Gasteiger partial charge in [-0.3, -0.25) is 0 Å². The van der Waals surface area contributed by atoms with E-state index in [9.17, 15) is 0 Å². The van der Waals surface area contributed by atoms with E-state index < -0.39 is 0 Å². The highest BCUT2D eigenvalue weighted by Crippen LogP contribution is 2.56. The lowest BCUT2D eigenvalue weighted by atomic mass is 9.77. The van der Waals surface area contributed by atoms with E-state index in [1.54, 1.807) is 11.1 Å². The van der Waals surface area contributed by atoms with E-state index in [0.29, 0.717) is 16.2 Å². The van der Waals surface area contributed by atoms with Crippen LogP contribution in [0.25, 0.3) is 11.1 Å². The Morgan fingerprint density at radius 1 is 0.606 bits per heavy atom. The Morgan fingerprint density at radius 3 is 1.27 bits per heavy atom. The van der Waals surface area contributed by atoms with E-state index in [0.717, 1.165) is 0 Å². The van der Waals surface area contributed by atoms with Gasteiger partial charge in [-0.1, -0.05) is 142 Å². The van der Waals surface area contributed by atoms with Crippen LogP contribution in [0.2, 0.25) is 0 Å². The molecule has 2 aromatic carbocycles. The zero-order valence-corrected chi connectivity index (χ0v) is 23.2. The zero-order chi connectivity index (χ0) is 24.5. The third kappa shape index (κ3) is 8.01. The molecule has 0 aliphatic heterocycles. The highest BCUT2D eigenvalue weighted by molar-refractivity contribution is 5.81. The summed E-state index contributed by atoms with van der Waals surface area (Å²) in [5.41, 5.74) is 7.58. The average molecular weight is 449 g/mol. The van der Waals surface area contributed by atoms with Crippen LogP contribution in [0.15, 0.2) is 48.5 Å². The summed E-state index contributed by atoms with van der Waals surface area (Å²) in [7, 11) is 0. The van der Waals surface area contributed by atoms with E-state index in [1.807, 2.05) is 0 Å². The number of fused-ring (bicyclic) bond motifs is 5. The number of benzene rings is 2. The molecule has 0 bridgehead atoms. The molecule has 0 heterocycles. The van der Waals surface area contributed by atoms with Crippen LogP contribution in [0.1, 0.15) is 131 Å². The van der Waals surface area contributed by atoms with Crippen LogP contribution in [0.4, 0.5) is 0 Å². The third-order valence-corrected chi connectivity index (χ3v) is 7.19. The summed E-state index contributed by atoms with van der Waals surface area (Å²) in [5, 5.41) is 0. The lowest BCUT2D eigenvalue weighted by Crippen LogP contribution is -2.20. The second kappa shape index (κ2) is 12.2. The lowest BCUT2D eigenvalue weighted by molar-refractivity contribution is 0.363. The maximum Gasteiger partial charge on any atom is 0.0215 e. The Morgan fingerprint density at radius 2 is 0.970 bits per heavy atom. The Bertz CT molecular complexity index is 756. The minimum atomic E-state index is 0.354. The molecular weight excluding hydrogens is 396 g/mol. The summed E-state index contributed by atoms with van der Waals surface area (Å²) in [6.45, 7) is 18.2. The molecule has 0 nitrogen and oxygen atoms in total. The fraction of sp³-hybridized carbons (Fsp3) is 0.636. The molecule has 4 rings (SSSR count). The van der Waals surface area contributed by atoms with Gasteiger partial charge in [0.1, 0.15) is 0 Å². The molecule has 1 spiro atoms. The molecule has 2 aromatic rings. The van der Waals surface area contributed by atoms with Gasteiger partial charge in [-0.2, -0.15) is 0 Å². The third-order valence-electron chi connectivity index (χ3n) is 7.19. The van der Waals surface area contributed by atoms with Crippen molar-refractivity contribution in [3.63, 3.8) is 0 Å². The molecule has 0 radical (unpaired) electrons. The first-order valence-corrected chi connectivity index (χ1v) is 13.7. The number of hydrogen-bond acceptors (Lipinski definition) is 0. The highest BCUT2D eigenvalue weighted by Gasteiger charge is 2.44. The van der Waals surface area contributed by atoms with Gasteiger partial charge < -0.3 is 0 Å². The van der Waals surface area contributed by atoms with Crippen molar-refractivity contribution in [2.75, 3.05) is 0 Å². The molecule has 0 amide bonds. The molecule has 2 aliphatic carbocycles. The van der Waals surface area contributed by atoms with Crippen LogP contribution in [0.5, 0.6) is 0 Å². The molecule has 0 saturated heterocycles. The van der Waals surface area contributed by atoms with Crippen LogP contribution in [0.3, 0.4) is 0 Å². The first-order chi connectivity index (χ1) is 15.5. The summed E-state index contributed by atoms with van der Waals surface area (Å²) in [6, 6.07) is 18.0. The van der Waals surface area contributed by atoms with E-state index >= 15 is 0 Å². The van der Waals surface area contributed by atoms with Crippen molar-refractivity contribution in [1.29, 1.82) is 0 Å². The first kappa shape index (κ1) is 27.7. The van der Waals surface area contributed by atoms with Gasteiger partial charge in [-0.15, -0.1) is 0 Å². The molecule has 1 saturated carbocycles. The second-order valence-electron chi connectivity index (χ2n) is 12.7. The molecule has 0 atom stereocenters. The fourth-order valence-corrected chi connectivity index (χ4v) is 5.35. The van der Waals surface area contributed by atoms with E-state index in [1.165, 1.54) is 75.3 Å². The van der Waals surface area contributed by atoms with Crippen molar-refractivity contribution in [3.8, 4) is 11.1 Å². The Kier molecular flexibility index (Phi) is 10.3. The molecule has 33 heavy (non-hydrogen) atoms. The van der Waals surface area contributed by atoms with Gasteiger partial charge in [-0.05, 0) is 58.8 Å². The van der Waals surface area contributed by atoms with Gasteiger partial charge in [0.25, 0.3) is 0 Å². The number of hydrogen-bond donors (Lipinski definition) is 0. The highest BCUT2D eigenvalue weighted by atomic mass is 14.5. The molecule has 0 heteroatoms. The SMILES string of the molecule is CCCCC(C)(C)C.CCCCC(C)(C)C.c1ccc2c(c1)-c1ccccc1C21CCCC1. The molecular formula is C33H52. The summed E-state index contributed by atoms with van der Waals surface area (Å²) in [4.78, 5) is 0. The Balaban J connectivity index is 0.000000205. The minimum Gasteiger partial charge on any atom is -0.0654 e. The van der Waals surface area contributed by atoms with E-state index in [2.05, 4.69) is 104 Å². The van der Waals surface area contributed by atoms with Crippen molar-refractivity contribution in [2.45, 2.75) is 125 Å². The summed E-state index contributed by atoms with van der Waals surface area (Å²) in [6.07, 6.45) is 13.6. The van der Waals surface area contributed by atoms with Crippen molar-refractivity contribution in [2.24, 2.45) is 10.8 Å². The summed E-state index contributed by atoms with van der Waals surface area (Å²) >= 11 is 0. The van der Waals surface area contributed by atoms with E-state index in [-0.39, 0.29) is 0 Å². The monoisotopic (exact) mass is 448 g/mol. The normalized spacial score (nSPS) is 15.8. The van der Waals surface area contributed by atoms with Crippen molar-refractivity contribution >= 4 is 0 Å². The Hall–Kier alpha value is -1.56. The van der Waals surface area contributed by atoms with E-state index in [4.69, 9.17) is 0 Å². The summed E-state index contributed by atoms with van der Waals surface area (Å²) < 4.78 is 0. The van der Waals surface area contributed by atoms with Crippen LogP contribution in [-0.2, 0) is 5.41 Å². The minimum absolute atomic E-state index is 0.354. The predicted octanol–water partition coefficient (Wildman–Crippen LogP) is 11.0.